The van der Waals surface area contributed by atoms with Crippen molar-refractivity contribution in [1.82, 2.24) is 9.78 Å². The highest BCUT2D eigenvalue weighted by molar-refractivity contribution is 6.30. The number of hydrogen-bond acceptors (Lipinski definition) is 3. The summed E-state index contributed by atoms with van der Waals surface area (Å²) >= 11 is 5.98. The molecule has 0 aliphatic rings. The van der Waals surface area contributed by atoms with Crippen molar-refractivity contribution in [2.24, 2.45) is 0 Å². The monoisotopic (exact) mass is 366 g/mol. The summed E-state index contributed by atoms with van der Waals surface area (Å²) in [6.45, 7) is 0.195. The van der Waals surface area contributed by atoms with Crippen LogP contribution in [0.5, 0.6) is 5.88 Å². The van der Waals surface area contributed by atoms with Gasteiger partial charge in [-0.05, 0) is 30.3 Å². The first kappa shape index (κ1) is 17.0. The highest BCUT2D eigenvalue weighted by Crippen LogP contribution is 2.33. The maximum Gasteiger partial charge on any atom is 0.416 e. The smallest absolute Gasteiger partial charge is 0.408 e. The van der Waals surface area contributed by atoms with Gasteiger partial charge >= 0.3 is 6.18 Å². The van der Waals surface area contributed by atoms with Crippen LogP contribution in [0.3, 0.4) is 0 Å². The van der Waals surface area contributed by atoms with E-state index in [4.69, 9.17) is 16.3 Å². The average Bonchev–Trinajstić information content (AvgIpc) is 2.99. The van der Waals surface area contributed by atoms with E-state index in [0.717, 1.165) is 12.1 Å². The molecule has 0 aliphatic carbocycles. The molecule has 0 spiro atoms. The molecule has 4 nitrogen and oxygen atoms in total. The van der Waals surface area contributed by atoms with Gasteiger partial charge in [-0.25, -0.2) is 4.68 Å². The zero-order chi connectivity index (χ0) is 18.0. The van der Waals surface area contributed by atoms with Crippen LogP contribution in [0.2, 0.25) is 5.02 Å². The molecule has 0 saturated heterocycles. The summed E-state index contributed by atoms with van der Waals surface area (Å²) in [6.07, 6.45) is -4.48. The number of halogens is 4. The highest BCUT2D eigenvalue weighted by atomic mass is 35.5. The minimum atomic E-state index is -4.48. The van der Waals surface area contributed by atoms with Gasteiger partial charge in [-0.2, -0.15) is 13.2 Å². The summed E-state index contributed by atoms with van der Waals surface area (Å²) in [5.74, 6) is -0.0395. The lowest BCUT2D eigenvalue weighted by molar-refractivity contribution is -0.137. The third-order valence-electron chi connectivity index (χ3n) is 3.39. The van der Waals surface area contributed by atoms with Gasteiger partial charge in [0.15, 0.2) is 0 Å². The van der Waals surface area contributed by atoms with E-state index in [0.29, 0.717) is 16.3 Å². The highest BCUT2D eigenvalue weighted by Gasteiger charge is 2.30. The lowest BCUT2D eigenvalue weighted by atomic mass is 10.1. The van der Waals surface area contributed by atoms with Crippen LogP contribution >= 0.6 is 11.6 Å². The van der Waals surface area contributed by atoms with Gasteiger partial charge in [0.2, 0.25) is 5.88 Å². The second-order valence-corrected chi connectivity index (χ2v) is 5.49. The van der Waals surface area contributed by atoms with Gasteiger partial charge in [-0.15, -0.1) is 5.10 Å². The van der Waals surface area contributed by atoms with E-state index >= 15 is 0 Å². The zero-order valence-electron chi connectivity index (χ0n) is 12.5. The van der Waals surface area contributed by atoms with Crippen molar-refractivity contribution in [1.29, 1.82) is 0 Å². The maximum absolute atomic E-state index is 13.0. The van der Waals surface area contributed by atoms with Crippen molar-refractivity contribution in [2.75, 3.05) is 0 Å². The SMILES string of the molecule is O=COc1cc(-c2cccc(Cl)c2)n(-c2cccc(C(F)(F)F)c2)n1. The maximum atomic E-state index is 13.0. The van der Waals surface area contributed by atoms with Gasteiger partial charge in [0, 0.05) is 16.7 Å². The van der Waals surface area contributed by atoms with Gasteiger partial charge in [-0.1, -0.05) is 29.8 Å². The van der Waals surface area contributed by atoms with Gasteiger partial charge in [-0.3, -0.25) is 4.79 Å². The van der Waals surface area contributed by atoms with Crippen LogP contribution in [0.15, 0.2) is 54.6 Å². The predicted molar refractivity (Wildman–Crippen MR) is 85.7 cm³/mol. The standard InChI is InChI=1S/C17H10ClF3N2O2/c18-13-5-1-3-11(7-13)15-9-16(25-10-24)22-23(15)14-6-2-4-12(8-14)17(19,20)21/h1-10H. The van der Waals surface area contributed by atoms with E-state index in [1.807, 2.05) is 0 Å². The lowest BCUT2D eigenvalue weighted by Gasteiger charge is -2.11. The van der Waals surface area contributed by atoms with E-state index < -0.39 is 11.7 Å². The Bertz CT molecular complexity index is 922. The molecule has 1 heterocycles. The fourth-order valence-electron chi connectivity index (χ4n) is 2.33. The summed E-state index contributed by atoms with van der Waals surface area (Å²) in [6, 6.07) is 12.8. The van der Waals surface area contributed by atoms with Crippen molar-refractivity contribution < 1.29 is 22.7 Å². The molecule has 0 N–H and O–H groups in total. The number of ether oxygens (including phenoxy) is 1. The van der Waals surface area contributed by atoms with Crippen molar-refractivity contribution in [2.45, 2.75) is 6.18 Å². The van der Waals surface area contributed by atoms with Crippen LogP contribution in [-0.4, -0.2) is 16.3 Å². The molecule has 1 aromatic heterocycles. The predicted octanol–water partition coefficient (Wildman–Crippen LogP) is 4.75. The van der Waals surface area contributed by atoms with Crippen molar-refractivity contribution >= 4 is 18.1 Å². The Labute approximate surface area is 145 Å². The number of benzene rings is 2. The Balaban J connectivity index is 2.17. The molecular weight excluding hydrogens is 357 g/mol. The van der Waals surface area contributed by atoms with Crippen LogP contribution in [-0.2, 0) is 11.0 Å². The molecule has 128 valence electrons. The largest absolute Gasteiger partial charge is 0.416 e. The Morgan fingerprint density at radius 2 is 1.84 bits per heavy atom. The first-order chi connectivity index (χ1) is 11.9. The number of aromatic nitrogens is 2. The molecule has 2 aromatic carbocycles. The number of hydrogen-bond donors (Lipinski definition) is 0. The molecule has 0 unspecified atom stereocenters. The zero-order valence-corrected chi connectivity index (χ0v) is 13.3. The Morgan fingerprint density at radius 1 is 1.08 bits per heavy atom. The van der Waals surface area contributed by atoms with Gasteiger partial charge in [0.05, 0.1) is 16.9 Å². The number of carbonyl (C=O) groups is 1. The molecule has 3 aromatic rings. The van der Waals surface area contributed by atoms with Crippen LogP contribution in [0, 0.1) is 0 Å². The summed E-state index contributed by atoms with van der Waals surface area (Å²) in [5.41, 5.74) is 0.401. The van der Waals surface area contributed by atoms with Gasteiger partial charge in [0.1, 0.15) is 0 Å². The molecule has 0 fully saturated rings. The van der Waals surface area contributed by atoms with Crippen molar-refractivity contribution in [3.63, 3.8) is 0 Å². The summed E-state index contributed by atoms with van der Waals surface area (Å²) < 4.78 is 44.9. The third kappa shape index (κ3) is 3.66. The molecule has 25 heavy (non-hydrogen) atoms. The summed E-state index contributed by atoms with van der Waals surface area (Å²) in [7, 11) is 0. The molecule has 0 aliphatic heterocycles. The first-order valence-corrected chi connectivity index (χ1v) is 7.40. The Kier molecular flexibility index (Phi) is 4.50. The molecule has 0 saturated carbocycles. The molecule has 0 amide bonds. The quantitative estimate of drug-likeness (QED) is 0.626. The van der Waals surface area contributed by atoms with E-state index in [9.17, 15) is 18.0 Å². The first-order valence-electron chi connectivity index (χ1n) is 7.02. The number of carbonyl (C=O) groups excluding carboxylic acids is 1. The van der Waals surface area contributed by atoms with Crippen molar-refractivity contribution in [3.8, 4) is 22.8 Å². The number of rotatable bonds is 4. The van der Waals surface area contributed by atoms with Gasteiger partial charge in [0.25, 0.3) is 6.47 Å². The molecule has 3 rings (SSSR count). The Morgan fingerprint density at radius 3 is 2.52 bits per heavy atom. The minimum Gasteiger partial charge on any atom is -0.408 e. The van der Waals surface area contributed by atoms with E-state index in [1.165, 1.54) is 22.9 Å². The van der Waals surface area contributed by atoms with Gasteiger partial charge < -0.3 is 4.74 Å². The average molecular weight is 367 g/mol. The summed E-state index contributed by atoms with van der Waals surface area (Å²) in [4.78, 5) is 10.6. The molecule has 0 bridgehead atoms. The normalized spacial score (nSPS) is 11.4. The molecule has 0 atom stereocenters. The van der Waals surface area contributed by atoms with Crippen LogP contribution in [0.4, 0.5) is 13.2 Å². The topological polar surface area (TPSA) is 44.1 Å². The third-order valence-corrected chi connectivity index (χ3v) is 3.63. The fourth-order valence-corrected chi connectivity index (χ4v) is 2.52. The second-order valence-electron chi connectivity index (χ2n) is 5.05. The molecular formula is C17H10ClF3N2O2. The van der Waals surface area contributed by atoms with Crippen LogP contribution < -0.4 is 4.74 Å². The minimum absolute atomic E-state index is 0.0395. The fraction of sp³-hybridized carbons (Fsp3) is 0.0588. The lowest BCUT2D eigenvalue weighted by Crippen LogP contribution is -2.07. The second kappa shape index (κ2) is 6.60. The summed E-state index contributed by atoms with van der Waals surface area (Å²) in [5, 5.41) is 4.50. The van der Waals surface area contributed by atoms with Crippen LogP contribution in [0.25, 0.3) is 16.9 Å². The van der Waals surface area contributed by atoms with Crippen molar-refractivity contribution in [3.05, 3.63) is 65.2 Å². The van der Waals surface area contributed by atoms with E-state index in [1.54, 1.807) is 24.3 Å². The van der Waals surface area contributed by atoms with E-state index in [2.05, 4.69) is 5.10 Å². The van der Waals surface area contributed by atoms with Crippen LogP contribution in [0.1, 0.15) is 5.56 Å². The Hall–Kier alpha value is -2.80. The molecule has 8 heteroatoms. The molecule has 0 radical (unpaired) electrons. The number of alkyl halides is 3. The van der Waals surface area contributed by atoms with E-state index in [-0.39, 0.29) is 18.0 Å². The number of nitrogens with zero attached hydrogens (tertiary/aromatic N) is 2.